The van der Waals surface area contributed by atoms with Gasteiger partial charge in [-0.15, -0.1) is 12.4 Å². The van der Waals surface area contributed by atoms with Gasteiger partial charge in [-0.25, -0.2) is 8.78 Å². The first-order chi connectivity index (χ1) is 8.17. The van der Waals surface area contributed by atoms with E-state index in [1.54, 1.807) is 0 Å². The van der Waals surface area contributed by atoms with Gasteiger partial charge in [-0.3, -0.25) is 4.90 Å². The normalized spacial score (nSPS) is 20.5. The number of rotatable bonds is 3. The Morgan fingerprint density at radius 3 is 2.56 bits per heavy atom. The van der Waals surface area contributed by atoms with Crippen molar-refractivity contribution in [3.8, 4) is 0 Å². The van der Waals surface area contributed by atoms with Crippen LogP contribution in [0.4, 0.5) is 8.78 Å². The number of nitrogens with zero attached hydrogens (tertiary/aromatic N) is 1. The Morgan fingerprint density at radius 2 is 1.94 bits per heavy atom. The summed E-state index contributed by atoms with van der Waals surface area (Å²) in [5.41, 5.74) is 0.708. The molecule has 5 heteroatoms. The molecule has 1 aromatic carbocycles. The second kappa shape index (κ2) is 7.02. The Hall–Kier alpha value is -0.710. The summed E-state index contributed by atoms with van der Waals surface area (Å²) in [5.74, 6) is -0.996. The number of likely N-dealkylation sites (N-methyl/N-ethyl adjacent to an activating group) is 1. The fraction of sp³-hybridized carbons (Fsp3) is 0.538. The second-order valence-electron chi connectivity index (χ2n) is 4.64. The maximum Gasteiger partial charge on any atom is 0.126 e. The smallest absolute Gasteiger partial charge is 0.126 e. The van der Waals surface area contributed by atoms with Crippen molar-refractivity contribution >= 4 is 12.4 Å². The van der Waals surface area contributed by atoms with Gasteiger partial charge in [-0.1, -0.05) is 0 Å². The molecule has 0 saturated carbocycles. The molecule has 18 heavy (non-hydrogen) atoms. The summed E-state index contributed by atoms with van der Waals surface area (Å²) in [7, 11) is 1.95. The first-order valence-electron chi connectivity index (χ1n) is 6.02. The highest BCUT2D eigenvalue weighted by Crippen LogP contribution is 2.15. The molecule has 0 bridgehead atoms. The van der Waals surface area contributed by atoms with E-state index in [1.165, 1.54) is 18.6 Å². The minimum absolute atomic E-state index is 0. The number of piperidine rings is 1. The average Bonchev–Trinajstić information content (AvgIpc) is 2.28. The first kappa shape index (κ1) is 15.3. The van der Waals surface area contributed by atoms with E-state index in [0.29, 0.717) is 18.2 Å². The highest BCUT2D eigenvalue weighted by Gasteiger charge is 2.18. The van der Waals surface area contributed by atoms with Gasteiger partial charge in [0, 0.05) is 25.2 Å². The Bertz CT molecular complexity index is 367. The third-order valence-corrected chi connectivity index (χ3v) is 3.24. The standard InChI is InChI=1S/C13H18F2N2.ClH/c1-16-13-3-2-4-17(9-13)8-10-5-11(14)7-12(15)6-10;/h5-7,13,16H,2-4,8-9H2,1H3;1H. The number of hydrogen-bond donors (Lipinski definition) is 1. The van der Waals surface area contributed by atoms with Gasteiger partial charge in [0.15, 0.2) is 0 Å². The zero-order valence-electron chi connectivity index (χ0n) is 10.5. The fourth-order valence-corrected chi connectivity index (χ4v) is 2.40. The molecule has 1 atom stereocenters. The van der Waals surface area contributed by atoms with E-state index in [2.05, 4.69) is 10.2 Å². The van der Waals surface area contributed by atoms with Crippen LogP contribution in [0.25, 0.3) is 0 Å². The van der Waals surface area contributed by atoms with Crippen LogP contribution < -0.4 is 5.32 Å². The SMILES string of the molecule is CNC1CCCN(Cc2cc(F)cc(F)c2)C1.Cl. The molecule has 1 unspecified atom stereocenters. The molecule has 1 saturated heterocycles. The Labute approximate surface area is 113 Å². The average molecular weight is 277 g/mol. The number of nitrogens with one attached hydrogen (secondary N) is 1. The summed E-state index contributed by atoms with van der Waals surface area (Å²) in [4.78, 5) is 2.24. The van der Waals surface area contributed by atoms with Crippen molar-refractivity contribution in [1.82, 2.24) is 10.2 Å². The minimum Gasteiger partial charge on any atom is -0.316 e. The number of likely N-dealkylation sites (tertiary alicyclic amines) is 1. The van der Waals surface area contributed by atoms with E-state index in [9.17, 15) is 8.78 Å². The third kappa shape index (κ3) is 4.19. The number of benzene rings is 1. The Kier molecular flexibility index (Phi) is 5.99. The Morgan fingerprint density at radius 1 is 1.28 bits per heavy atom. The predicted molar refractivity (Wildman–Crippen MR) is 71.0 cm³/mol. The van der Waals surface area contributed by atoms with E-state index < -0.39 is 11.6 Å². The molecule has 1 N–H and O–H groups in total. The lowest BCUT2D eigenvalue weighted by atomic mass is 10.0. The van der Waals surface area contributed by atoms with Crippen LogP contribution in [-0.4, -0.2) is 31.1 Å². The van der Waals surface area contributed by atoms with Crippen LogP contribution in [0, 0.1) is 11.6 Å². The van der Waals surface area contributed by atoms with Gasteiger partial charge in [-0.2, -0.15) is 0 Å². The highest BCUT2D eigenvalue weighted by molar-refractivity contribution is 5.85. The number of hydrogen-bond acceptors (Lipinski definition) is 2. The van der Waals surface area contributed by atoms with Crippen LogP contribution in [-0.2, 0) is 6.54 Å². The predicted octanol–water partition coefficient (Wildman–Crippen LogP) is 2.57. The van der Waals surface area contributed by atoms with Crippen LogP contribution in [0.15, 0.2) is 18.2 Å². The summed E-state index contributed by atoms with van der Waals surface area (Å²) < 4.78 is 26.1. The molecule has 1 fully saturated rings. The van der Waals surface area contributed by atoms with Crippen LogP contribution in [0.5, 0.6) is 0 Å². The van der Waals surface area contributed by atoms with Gasteiger partial charge < -0.3 is 5.32 Å². The van der Waals surface area contributed by atoms with Gasteiger partial charge in [0.25, 0.3) is 0 Å². The lowest BCUT2D eigenvalue weighted by Crippen LogP contribution is -2.43. The topological polar surface area (TPSA) is 15.3 Å². The molecule has 1 aromatic rings. The zero-order valence-corrected chi connectivity index (χ0v) is 11.3. The summed E-state index contributed by atoms with van der Waals surface area (Å²) >= 11 is 0. The lowest BCUT2D eigenvalue weighted by molar-refractivity contribution is 0.187. The molecule has 102 valence electrons. The molecule has 1 aliphatic rings. The Balaban J connectivity index is 0.00000162. The number of halogens is 3. The van der Waals surface area contributed by atoms with E-state index in [4.69, 9.17) is 0 Å². The van der Waals surface area contributed by atoms with E-state index >= 15 is 0 Å². The van der Waals surface area contributed by atoms with Crippen molar-refractivity contribution in [2.75, 3.05) is 20.1 Å². The molecule has 0 spiro atoms. The van der Waals surface area contributed by atoms with Crippen molar-refractivity contribution in [1.29, 1.82) is 0 Å². The molecule has 0 amide bonds. The summed E-state index contributed by atoms with van der Waals surface area (Å²) in [6, 6.07) is 4.22. The van der Waals surface area contributed by atoms with Crippen LogP contribution in [0.2, 0.25) is 0 Å². The lowest BCUT2D eigenvalue weighted by Gasteiger charge is -2.32. The first-order valence-corrected chi connectivity index (χ1v) is 6.02. The molecule has 1 heterocycles. The highest BCUT2D eigenvalue weighted by atomic mass is 35.5. The molecule has 1 aliphatic heterocycles. The van der Waals surface area contributed by atoms with Gasteiger partial charge in [-0.05, 0) is 44.1 Å². The van der Waals surface area contributed by atoms with Gasteiger partial charge >= 0.3 is 0 Å². The van der Waals surface area contributed by atoms with E-state index in [0.717, 1.165) is 25.6 Å². The van der Waals surface area contributed by atoms with Crippen molar-refractivity contribution in [2.45, 2.75) is 25.4 Å². The van der Waals surface area contributed by atoms with Gasteiger partial charge in [0.2, 0.25) is 0 Å². The van der Waals surface area contributed by atoms with Gasteiger partial charge in [0.05, 0.1) is 0 Å². The summed E-state index contributed by atoms with van der Waals surface area (Å²) in [5, 5.41) is 3.25. The third-order valence-electron chi connectivity index (χ3n) is 3.24. The molecule has 0 radical (unpaired) electrons. The molecular formula is C13H19ClF2N2. The monoisotopic (exact) mass is 276 g/mol. The van der Waals surface area contributed by atoms with Crippen molar-refractivity contribution in [3.05, 3.63) is 35.4 Å². The maximum atomic E-state index is 13.1. The van der Waals surface area contributed by atoms with Crippen LogP contribution >= 0.6 is 12.4 Å². The van der Waals surface area contributed by atoms with Crippen LogP contribution in [0.1, 0.15) is 18.4 Å². The van der Waals surface area contributed by atoms with Crippen molar-refractivity contribution in [3.63, 3.8) is 0 Å². The largest absolute Gasteiger partial charge is 0.316 e. The maximum absolute atomic E-state index is 13.1. The molecule has 0 aliphatic carbocycles. The summed E-state index contributed by atoms with van der Waals surface area (Å²) in [6.07, 6.45) is 2.30. The van der Waals surface area contributed by atoms with Crippen molar-refractivity contribution in [2.24, 2.45) is 0 Å². The second-order valence-corrected chi connectivity index (χ2v) is 4.64. The zero-order chi connectivity index (χ0) is 12.3. The molecule has 2 nitrogen and oxygen atoms in total. The quantitative estimate of drug-likeness (QED) is 0.913. The van der Waals surface area contributed by atoms with Gasteiger partial charge in [0.1, 0.15) is 11.6 Å². The van der Waals surface area contributed by atoms with E-state index in [1.807, 2.05) is 7.05 Å². The molecule has 0 aromatic heterocycles. The van der Waals surface area contributed by atoms with Crippen LogP contribution in [0.3, 0.4) is 0 Å². The van der Waals surface area contributed by atoms with E-state index in [-0.39, 0.29) is 12.4 Å². The molecule has 2 rings (SSSR count). The fourth-order valence-electron chi connectivity index (χ4n) is 2.40. The minimum atomic E-state index is -0.498. The van der Waals surface area contributed by atoms with Crippen molar-refractivity contribution < 1.29 is 8.78 Å². The molecular weight excluding hydrogens is 258 g/mol. The summed E-state index contributed by atoms with van der Waals surface area (Å²) in [6.45, 7) is 2.55.